The van der Waals surface area contributed by atoms with Crippen molar-refractivity contribution >= 4 is 35.2 Å². The average molecular weight is 493 g/mol. The topological polar surface area (TPSA) is 85.9 Å². The summed E-state index contributed by atoms with van der Waals surface area (Å²) in [6.07, 6.45) is 1.30. The van der Waals surface area contributed by atoms with Crippen molar-refractivity contribution in [2.45, 2.75) is 39.3 Å². The van der Waals surface area contributed by atoms with Crippen LogP contribution in [-0.2, 0) is 16.1 Å². The Kier molecular flexibility index (Phi) is 8.47. The maximum absolute atomic E-state index is 12.8. The molecular formula is C24H26Cl2N2O5. The zero-order valence-corrected chi connectivity index (χ0v) is 20.2. The molecule has 2 aromatic carbocycles. The lowest BCUT2D eigenvalue weighted by Crippen LogP contribution is -2.46. The van der Waals surface area contributed by atoms with Gasteiger partial charge >= 0.3 is 12.0 Å². The van der Waals surface area contributed by atoms with E-state index in [9.17, 15) is 9.59 Å². The Bertz CT molecular complexity index is 1070. The Balaban J connectivity index is 1.91. The maximum atomic E-state index is 12.8. The maximum Gasteiger partial charge on any atom is 0.338 e. The Morgan fingerprint density at radius 3 is 2.52 bits per heavy atom. The third-order valence-electron chi connectivity index (χ3n) is 5.05. The number of benzene rings is 2. The molecule has 0 saturated carbocycles. The highest BCUT2D eigenvalue weighted by Gasteiger charge is 2.33. The van der Waals surface area contributed by atoms with Crippen LogP contribution in [0, 0.1) is 0 Å². The minimum atomic E-state index is -0.683. The molecule has 7 nitrogen and oxygen atoms in total. The number of halogens is 2. The van der Waals surface area contributed by atoms with Gasteiger partial charge in [-0.15, -0.1) is 0 Å². The van der Waals surface area contributed by atoms with Crippen molar-refractivity contribution in [1.82, 2.24) is 10.6 Å². The number of ether oxygens (including phenoxy) is 3. The lowest BCUT2D eigenvalue weighted by atomic mass is 9.93. The molecule has 0 bridgehead atoms. The van der Waals surface area contributed by atoms with Crippen molar-refractivity contribution in [2.75, 3.05) is 13.7 Å². The number of hydrogen-bond acceptors (Lipinski definition) is 5. The molecule has 3 rings (SSSR count). The largest absolute Gasteiger partial charge is 0.493 e. The first-order chi connectivity index (χ1) is 15.9. The van der Waals surface area contributed by atoms with Gasteiger partial charge in [0.05, 0.1) is 35.4 Å². The van der Waals surface area contributed by atoms with E-state index < -0.39 is 12.0 Å². The Morgan fingerprint density at radius 2 is 1.85 bits per heavy atom. The van der Waals surface area contributed by atoms with Gasteiger partial charge in [-0.2, -0.15) is 0 Å². The monoisotopic (exact) mass is 492 g/mol. The fourth-order valence-corrected chi connectivity index (χ4v) is 3.86. The van der Waals surface area contributed by atoms with Crippen molar-refractivity contribution in [3.05, 3.63) is 68.8 Å². The van der Waals surface area contributed by atoms with Crippen molar-refractivity contribution in [1.29, 1.82) is 0 Å². The summed E-state index contributed by atoms with van der Waals surface area (Å²) >= 11 is 12.0. The molecule has 176 valence electrons. The van der Waals surface area contributed by atoms with Crippen molar-refractivity contribution in [3.63, 3.8) is 0 Å². The Labute approximate surface area is 203 Å². The Morgan fingerprint density at radius 1 is 1.06 bits per heavy atom. The normalized spacial score (nSPS) is 15.5. The molecule has 9 heteroatoms. The highest BCUT2D eigenvalue weighted by molar-refractivity contribution is 6.42. The van der Waals surface area contributed by atoms with E-state index >= 15 is 0 Å². The van der Waals surface area contributed by atoms with Gasteiger partial charge < -0.3 is 24.8 Å². The van der Waals surface area contributed by atoms with Crippen LogP contribution in [0.1, 0.15) is 43.9 Å². The number of rotatable bonds is 9. The fraction of sp³-hybridized carbons (Fsp3) is 0.333. The molecule has 2 aromatic rings. The molecule has 2 N–H and O–H groups in total. The zero-order chi connectivity index (χ0) is 24.0. The first-order valence-corrected chi connectivity index (χ1v) is 11.4. The first-order valence-electron chi connectivity index (χ1n) is 10.6. The van der Waals surface area contributed by atoms with Crippen LogP contribution in [0.5, 0.6) is 11.5 Å². The molecule has 1 atom stereocenters. The molecule has 0 radical (unpaired) electrons. The lowest BCUT2D eigenvalue weighted by Gasteiger charge is -2.29. The summed E-state index contributed by atoms with van der Waals surface area (Å²) in [5.41, 5.74) is 2.45. The van der Waals surface area contributed by atoms with Crippen LogP contribution in [0.3, 0.4) is 0 Å². The average Bonchev–Trinajstić information content (AvgIpc) is 2.79. The molecule has 0 aliphatic carbocycles. The van der Waals surface area contributed by atoms with Crippen LogP contribution in [0.2, 0.25) is 10.0 Å². The quantitative estimate of drug-likeness (QED) is 0.448. The van der Waals surface area contributed by atoms with Gasteiger partial charge in [0.2, 0.25) is 0 Å². The van der Waals surface area contributed by atoms with Crippen LogP contribution >= 0.6 is 23.2 Å². The summed E-state index contributed by atoms with van der Waals surface area (Å²) in [5.74, 6) is 0.487. The Hall–Kier alpha value is -2.90. The molecular weight excluding hydrogens is 467 g/mol. The number of urea groups is 1. The minimum absolute atomic E-state index is 0.229. The van der Waals surface area contributed by atoms with E-state index in [1.807, 2.05) is 13.0 Å². The van der Waals surface area contributed by atoms with E-state index in [-0.39, 0.29) is 19.2 Å². The third-order valence-corrected chi connectivity index (χ3v) is 5.79. The van der Waals surface area contributed by atoms with Crippen LogP contribution in [0.25, 0.3) is 0 Å². The number of carbonyl (C=O) groups is 2. The molecule has 1 heterocycles. The van der Waals surface area contributed by atoms with E-state index in [0.717, 1.165) is 12.0 Å². The predicted molar refractivity (Wildman–Crippen MR) is 127 cm³/mol. The number of amides is 2. The van der Waals surface area contributed by atoms with Gasteiger partial charge in [0.1, 0.15) is 6.61 Å². The van der Waals surface area contributed by atoms with E-state index in [1.54, 1.807) is 37.3 Å². The number of esters is 1. The second-order valence-electron chi connectivity index (χ2n) is 7.34. The molecule has 1 aliphatic rings. The molecule has 1 aliphatic heterocycles. The predicted octanol–water partition coefficient (Wildman–Crippen LogP) is 5.55. The first kappa shape index (κ1) is 24.7. The van der Waals surface area contributed by atoms with Gasteiger partial charge in [0, 0.05) is 5.70 Å². The fourth-order valence-electron chi connectivity index (χ4n) is 3.54. The SMILES string of the molecule is CCCC1=C(C(=O)OCC)C(c2ccc(OCc3ccc(Cl)c(Cl)c3)c(OC)c2)NC(=O)N1. The summed E-state index contributed by atoms with van der Waals surface area (Å²) in [6, 6.07) is 9.47. The van der Waals surface area contributed by atoms with Crippen LogP contribution < -0.4 is 20.1 Å². The number of allylic oxidation sites excluding steroid dienone is 1. The van der Waals surface area contributed by atoms with Gasteiger partial charge in [-0.3, -0.25) is 0 Å². The summed E-state index contributed by atoms with van der Waals surface area (Å²) in [6.45, 7) is 4.20. The minimum Gasteiger partial charge on any atom is -0.493 e. The summed E-state index contributed by atoms with van der Waals surface area (Å²) in [5, 5.41) is 6.48. The van der Waals surface area contributed by atoms with Gasteiger partial charge in [-0.05, 0) is 48.7 Å². The molecule has 33 heavy (non-hydrogen) atoms. The summed E-state index contributed by atoms with van der Waals surface area (Å²) in [4.78, 5) is 25.1. The molecule has 2 amide bonds. The van der Waals surface area contributed by atoms with Crippen LogP contribution in [0.15, 0.2) is 47.7 Å². The second kappa shape index (κ2) is 11.3. The number of nitrogens with one attached hydrogen (secondary N) is 2. The highest BCUT2D eigenvalue weighted by Crippen LogP contribution is 2.36. The van der Waals surface area contributed by atoms with Crippen molar-refractivity contribution in [3.8, 4) is 11.5 Å². The van der Waals surface area contributed by atoms with E-state index in [2.05, 4.69) is 10.6 Å². The van der Waals surface area contributed by atoms with Gasteiger partial charge in [0.25, 0.3) is 0 Å². The second-order valence-corrected chi connectivity index (χ2v) is 8.16. The molecule has 0 fully saturated rings. The molecule has 1 unspecified atom stereocenters. The third kappa shape index (κ3) is 5.92. The smallest absolute Gasteiger partial charge is 0.338 e. The number of methoxy groups -OCH3 is 1. The van der Waals surface area contributed by atoms with E-state index in [4.69, 9.17) is 37.4 Å². The number of carbonyl (C=O) groups excluding carboxylic acids is 2. The zero-order valence-electron chi connectivity index (χ0n) is 18.7. The van der Waals surface area contributed by atoms with Crippen LogP contribution in [-0.4, -0.2) is 25.7 Å². The van der Waals surface area contributed by atoms with Gasteiger partial charge in [-0.25, -0.2) is 9.59 Å². The van der Waals surface area contributed by atoms with Crippen molar-refractivity contribution < 1.29 is 23.8 Å². The van der Waals surface area contributed by atoms with Gasteiger partial charge in [0.15, 0.2) is 11.5 Å². The summed E-state index contributed by atoms with van der Waals surface area (Å²) in [7, 11) is 1.52. The van der Waals surface area contributed by atoms with E-state index in [0.29, 0.717) is 44.8 Å². The van der Waals surface area contributed by atoms with Gasteiger partial charge in [-0.1, -0.05) is 48.7 Å². The molecule has 0 saturated heterocycles. The van der Waals surface area contributed by atoms with E-state index in [1.165, 1.54) is 7.11 Å². The standard InChI is InChI=1S/C24H26Cl2N2O5/c1-4-6-18-21(23(29)32-5-2)22(28-24(30)27-18)15-8-10-19(20(12-15)31-3)33-13-14-7-9-16(25)17(26)11-14/h7-12,22H,4-6,13H2,1-3H3,(H2,27,28,30). The van der Waals surface area contributed by atoms with Crippen molar-refractivity contribution in [2.24, 2.45) is 0 Å². The lowest BCUT2D eigenvalue weighted by molar-refractivity contribution is -0.139. The van der Waals surface area contributed by atoms with Crippen LogP contribution in [0.4, 0.5) is 4.79 Å². The summed E-state index contributed by atoms with van der Waals surface area (Å²) < 4.78 is 16.7. The molecule has 0 aromatic heterocycles. The molecule has 0 spiro atoms. The number of hydrogen-bond donors (Lipinski definition) is 2. The highest BCUT2D eigenvalue weighted by atomic mass is 35.5.